The monoisotopic (exact) mass is 677 g/mol. The van der Waals surface area contributed by atoms with Crippen LogP contribution in [0.15, 0.2) is 17.4 Å². The molecule has 0 saturated carbocycles. The van der Waals surface area contributed by atoms with E-state index in [1.54, 1.807) is 0 Å². The molecule has 22 heteroatoms. The molecule has 0 bridgehead atoms. The zero-order valence-electron chi connectivity index (χ0n) is 21.9. The number of nitrogens with two attached hydrogens (primary N) is 2. The zero-order chi connectivity index (χ0) is 30.4. The predicted molar refractivity (Wildman–Crippen MR) is 161 cm³/mol. The van der Waals surface area contributed by atoms with Crippen molar-refractivity contribution in [3.05, 3.63) is 23.0 Å². The van der Waals surface area contributed by atoms with Gasteiger partial charge in [0, 0.05) is 20.6 Å². The summed E-state index contributed by atoms with van der Waals surface area (Å²) >= 11 is 9.62. The van der Waals surface area contributed by atoms with E-state index in [1.165, 1.54) is 33.7 Å². The van der Waals surface area contributed by atoms with Crippen LogP contribution in [0.1, 0.15) is 18.0 Å². The summed E-state index contributed by atoms with van der Waals surface area (Å²) in [5.41, 5.74) is 10.9. The fourth-order valence-corrected chi connectivity index (χ4v) is 7.77. The van der Waals surface area contributed by atoms with Crippen molar-refractivity contribution in [1.82, 2.24) is 44.5 Å². The Kier molecular flexibility index (Phi) is 8.93. The van der Waals surface area contributed by atoms with Gasteiger partial charge in [-0.3, -0.25) is 14.3 Å². The predicted octanol–water partition coefficient (Wildman–Crippen LogP) is 1.02. The van der Waals surface area contributed by atoms with Crippen molar-refractivity contribution < 1.29 is 27.0 Å². The number of alkyl halides is 2. The van der Waals surface area contributed by atoms with Crippen molar-refractivity contribution in [1.29, 1.82) is 0 Å². The molecular formula is C21H26F2N11O5PS3. The first-order chi connectivity index (χ1) is 20.7. The number of thioether (sulfide) groups is 1. The maximum absolute atomic E-state index is 15.8. The highest BCUT2D eigenvalue weighted by Crippen LogP contribution is 2.48. The molecular weight excluding hydrogens is 651 g/mol. The van der Waals surface area contributed by atoms with Crippen LogP contribution in [0.4, 0.5) is 20.5 Å². The number of nitrogens with zero attached hydrogens (tertiary/aromatic N) is 8. The Hall–Kier alpha value is -2.39. The summed E-state index contributed by atoms with van der Waals surface area (Å²) in [4.78, 5) is 30.8. The number of aromatic nitrogens is 9. The second kappa shape index (κ2) is 12.5. The molecule has 232 valence electrons. The topological polar surface area (TPSA) is 209 Å². The van der Waals surface area contributed by atoms with Gasteiger partial charge in [0.05, 0.1) is 25.6 Å². The van der Waals surface area contributed by atoms with Crippen LogP contribution in [-0.4, -0.2) is 92.9 Å². The van der Waals surface area contributed by atoms with E-state index in [2.05, 4.69) is 70.2 Å². The van der Waals surface area contributed by atoms with Gasteiger partial charge in [-0.15, -0.1) is 29.5 Å². The number of anilines is 2. The molecule has 2 aliphatic rings. The second-order valence-corrected chi connectivity index (χ2v) is 12.3. The Labute approximate surface area is 258 Å². The first-order valence-electron chi connectivity index (χ1n) is 12.8. The van der Waals surface area contributed by atoms with E-state index in [9.17, 15) is 4.79 Å². The number of hydrogen-bond acceptors (Lipinski definition) is 16. The minimum atomic E-state index is -1.59. The highest BCUT2D eigenvalue weighted by Gasteiger charge is 2.49. The molecule has 2 aliphatic heterocycles. The molecule has 43 heavy (non-hydrogen) atoms. The van der Waals surface area contributed by atoms with Gasteiger partial charge in [-0.25, -0.2) is 23.7 Å². The normalized spacial score (nSPS) is 30.1. The van der Waals surface area contributed by atoms with Gasteiger partial charge in [0.2, 0.25) is 5.95 Å². The van der Waals surface area contributed by atoms with E-state index in [-0.39, 0.29) is 53.7 Å². The van der Waals surface area contributed by atoms with E-state index in [1.807, 2.05) is 0 Å². The molecule has 4 aromatic heterocycles. The maximum Gasteiger partial charge on any atom is 0.280 e. The number of H-pyrrole nitrogens is 1. The summed E-state index contributed by atoms with van der Waals surface area (Å²) < 4.78 is 56.4. The van der Waals surface area contributed by atoms with E-state index in [0.717, 1.165) is 0 Å². The van der Waals surface area contributed by atoms with Crippen LogP contribution in [0.2, 0.25) is 0 Å². The molecule has 3 unspecified atom stereocenters. The number of nitrogen functional groups attached to an aromatic ring is 2. The van der Waals surface area contributed by atoms with E-state index < -0.39 is 58.3 Å². The molecule has 6 rings (SSSR count). The molecule has 0 aliphatic carbocycles. The highest BCUT2D eigenvalue weighted by molar-refractivity contribution is 8.00. The van der Waals surface area contributed by atoms with Crippen LogP contribution in [0.3, 0.4) is 0 Å². The minimum Gasteiger partial charge on any atom is -0.382 e. The number of ether oxygens (including phenoxy) is 2. The van der Waals surface area contributed by atoms with Crippen LogP contribution in [0.25, 0.3) is 22.3 Å². The van der Waals surface area contributed by atoms with Gasteiger partial charge >= 0.3 is 0 Å². The standard InChI is InChI=1S/C21H26F2N11O5PS3/c22-10-6(7(3-37-40)38-19(10)34-16-12(31-32-34)15(24)26-4-27-16)2-36-9(41)1-8-11(23)14(39-42)20(43-8)33-5-28-13-17(33)29-21(25)30-18(13)35/h4-11,14,19-20,41-42H,1-3,40H2,(H2,24,26,27)(H3,25,29,30,35)/t6-,7-,8?,9?,10+,11+,14-,19-,20-/m1/s1. The number of rotatable bonds is 10. The Balaban J connectivity index is 1.13. The second-order valence-electron chi connectivity index (χ2n) is 9.85. The molecule has 0 spiro atoms. The van der Waals surface area contributed by atoms with Gasteiger partial charge in [0.25, 0.3) is 5.56 Å². The molecule has 0 aromatic carbocycles. The lowest BCUT2D eigenvalue weighted by Crippen LogP contribution is -2.33. The summed E-state index contributed by atoms with van der Waals surface area (Å²) in [7, 11) is 2.11. The number of hydrogen-bond donors (Lipinski definition) is 5. The van der Waals surface area contributed by atoms with Crippen LogP contribution < -0.4 is 17.0 Å². The number of thiol groups is 2. The molecule has 16 nitrogen and oxygen atoms in total. The lowest BCUT2D eigenvalue weighted by molar-refractivity contribution is -0.0427. The van der Waals surface area contributed by atoms with Crippen molar-refractivity contribution in [2.45, 2.75) is 53.3 Å². The van der Waals surface area contributed by atoms with Crippen LogP contribution in [-0.2, 0) is 18.2 Å². The Morgan fingerprint density at radius 3 is 2.77 bits per heavy atom. The van der Waals surface area contributed by atoms with E-state index in [0.29, 0.717) is 0 Å². The highest BCUT2D eigenvalue weighted by atomic mass is 32.2. The van der Waals surface area contributed by atoms with Crippen molar-refractivity contribution in [3.63, 3.8) is 0 Å². The molecule has 4 aromatic rings. The average Bonchev–Trinajstić information content (AvgIpc) is 3.73. The van der Waals surface area contributed by atoms with Crippen molar-refractivity contribution in [2.75, 3.05) is 24.7 Å². The van der Waals surface area contributed by atoms with Gasteiger partial charge in [0.1, 0.15) is 29.4 Å². The first kappa shape index (κ1) is 30.6. The van der Waals surface area contributed by atoms with Gasteiger partial charge < -0.3 is 29.6 Å². The first-order valence-corrected chi connectivity index (χ1v) is 15.1. The molecule has 0 radical (unpaired) electrons. The van der Waals surface area contributed by atoms with Gasteiger partial charge in [-0.2, -0.15) is 9.67 Å². The number of fused-ring (bicyclic) bond motifs is 2. The zero-order valence-corrected chi connectivity index (χ0v) is 25.6. The van der Waals surface area contributed by atoms with Crippen LogP contribution >= 0.6 is 46.8 Å². The molecule has 2 fully saturated rings. The SMILES string of the molecule is Nc1nc2c(ncn2[C@@H]2SC(CC(S)OC[C@H]3[C@H](F)[C@H](n4nnc5c(N)ncnc54)O[C@@H]3COP)[C@H](F)[C@H]2OS)c(=O)[nH]1. The third-order valence-electron chi connectivity index (χ3n) is 7.29. The van der Waals surface area contributed by atoms with E-state index >= 15 is 8.78 Å². The molecule has 5 N–H and O–H groups in total. The van der Waals surface area contributed by atoms with Gasteiger partial charge in [0.15, 0.2) is 40.5 Å². The van der Waals surface area contributed by atoms with Crippen molar-refractivity contribution in [3.8, 4) is 0 Å². The molecule has 10 atom stereocenters. The molecule has 2 saturated heterocycles. The Morgan fingerprint density at radius 1 is 1.19 bits per heavy atom. The smallest absolute Gasteiger partial charge is 0.280 e. The Morgan fingerprint density at radius 2 is 2.00 bits per heavy atom. The molecule has 0 amide bonds. The van der Waals surface area contributed by atoms with Crippen LogP contribution in [0.5, 0.6) is 0 Å². The number of nitrogens with one attached hydrogen (secondary N) is 1. The summed E-state index contributed by atoms with van der Waals surface area (Å²) in [5, 5.41) is 6.59. The van der Waals surface area contributed by atoms with E-state index in [4.69, 9.17) is 29.6 Å². The third-order valence-corrected chi connectivity index (χ3v) is 9.66. The fourth-order valence-electron chi connectivity index (χ4n) is 5.21. The fraction of sp³-hybridized carbons (Fsp3) is 0.571. The third kappa shape index (κ3) is 5.65. The lowest BCUT2D eigenvalue weighted by atomic mass is 10.0. The summed E-state index contributed by atoms with van der Waals surface area (Å²) in [6, 6.07) is 0. The maximum atomic E-state index is 15.8. The molecule has 6 heterocycles. The van der Waals surface area contributed by atoms with Crippen molar-refractivity contribution >= 4 is 80.9 Å². The summed E-state index contributed by atoms with van der Waals surface area (Å²) in [6.45, 7) is -0.0683. The number of halogens is 2. The summed E-state index contributed by atoms with van der Waals surface area (Å²) in [6.07, 6.45) is -3.27. The summed E-state index contributed by atoms with van der Waals surface area (Å²) in [5.74, 6) is -0.789. The number of aromatic amines is 1. The minimum absolute atomic E-state index is 0.0462. The number of imidazole rings is 1. The quantitative estimate of drug-likeness (QED) is 0.0688. The van der Waals surface area contributed by atoms with Gasteiger partial charge in [-0.1, -0.05) is 5.21 Å². The van der Waals surface area contributed by atoms with Crippen molar-refractivity contribution in [2.24, 2.45) is 5.92 Å². The van der Waals surface area contributed by atoms with Crippen LogP contribution in [0, 0.1) is 5.92 Å². The Bertz CT molecular complexity index is 1670. The average molecular weight is 678 g/mol. The lowest BCUT2D eigenvalue weighted by Gasteiger charge is -2.23. The largest absolute Gasteiger partial charge is 0.382 e. The van der Waals surface area contributed by atoms with Gasteiger partial charge in [-0.05, 0) is 19.3 Å².